The topological polar surface area (TPSA) is 37.4 Å². The SMILES string of the molecule is O=S1(=O)c2cccc3cccc(c23)N1Cc1ccc(Cl)c(Cl)c1. The molecule has 3 aromatic rings. The molecule has 0 spiro atoms. The Morgan fingerprint density at radius 1 is 0.913 bits per heavy atom. The molecule has 0 radical (unpaired) electrons. The molecule has 0 saturated heterocycles. The van der Waals surface area contributed by atoms with Gasteiger partial charge < -0.3 is 0 Å². The zero-order valence-electron chi connectivity index (χ0n) is 11.8. The Kier molecular flexibility index (Phi) is 3.30. The van der Waals surface area contributed by atoms with Crippen LogP contribution < -0.4 is 4.31 Å². The van der Waals surface area contributed by atoms with E-state index in [4.69, 9.17) is 23.2 Å². The van der Waals surface area contributed by atoms with Crippen molar-refractivity contribution in [1.82, 2.24) is 0 Å². The highest BCUT2D eigenvalue weighted by atomic mass is 35.5. The van der Waals surface area contributed by atoms with Gasteiger partial charge in [-0.2, -0.15) is 0 Å². The maximum absolute atomic E-state index is 12.9. The predicted molar refractivity (Wildman–Crippen MR) is 93.8 cm³/mol. The Morgan fingerprint density at radius 2 is 1.65 bits per heavy atom. The number of hydrogen-bond acceptors (Lipinski definition) is 2. The first kappa shape index (κ1) is 14.8. The quantitative estimate of drug-likeness (QED) is 0.652. The van der Waals surface area contributed by atoms with Gasteiger partial charge in [0.2, 0.25) is 0 Å². The van der Waals surface area contributed by atoms with E-state index in [0.717, 1.165) is 16.3 Å². The molecule has 0 amide bonds. The molecule has 3 aromatic carbocycles. The van der Waals surface area contributed by atoms with Gasteiger partial charge in [-0.3, -0.25) is 4.31 Å². The predicted octanol–water partition coefficient (Wildman–Crippen LogP) is 4.86. The van der Waals surface area contributed by atoms with Crippen LogP contribution in [0.3, 0.4) is 0 Å². The molecule has 0 aromatic heterocycles. The first-order valence-corrected chi connectivity index (χ1v) is 9.16. The summed E-state index contributed by atoms with van der Waals surface area (Å²) in [6, 6.07) is 16.1. The van der Waals surface area contributed by atoms with E-state index < -0.39 is 10.0 Å². The molecule has 0 fully saturated rings. The van der Waals surface area contributed by atoms with Crippen LogP contribution in [0.4, 0.5) is 5.69 Å². The third-order valence-corrected chi connectivity index (χ3v) is 6.53. The van der Waals surface area contributed by atoms with Gasteiger partial charge in [-0.05, 0) is 35.2 Å². The zero-order chi connectivity index (χ0) is 16.2. The lowest BCUT2D eigenvalue weighted by atomic mass is 10.1. The van der Waals surface area contributed by atoms with E-state index in [9.17, 15) is 8.42 Å². The lowest BCUT2D eigenvalue weighted by molar-refractivity contribution is 0.593. The van der Waals surface area contributed by atoms with E-state index in [1.54, 1.807) is 30.3 Å². The van der Waals surface area contributed by atoms with E-state index in [0.29, 0.717) is 20.6 Å². The third-order valence-electron chi connectivity index (χ3n) is 3.99. The molecule has 116 valence electrons. The van der Waals surface area contributed by atoms with Crippen molar-refractivity contribution in [1.29, 1.82) is 0 Å². The minimum atomic E-state index is -3.56. The lowest BCUT2D eigenvalue weighted by Gasteiger charge is -2.19. The second kappa shape index (κ2) is 5.13. The van der Waals surface area contributed by atoms with Crippen LogP contribution in [0.25, 0.3) is 10.8 Å². The van der Waals surface area contributed by atoms with E-state index >= 15 is 0 Å². The van der Waals surface area contributed by atoms with Gasteiger partial charge in [0.15, 0.2) is 0 Å². The monoisotopic (exact) mass is 363 g/mol. The highest BCUT2D eigenvalue weighted by Crippen LogP contribution is 2.42. The Morgan fingerprint density at radius 3 is 2.39 bits per heavy atom. The van der Waals surface area contributed by atoms with Crippen molar-refractivity contribution in [2.75, 3.05) is 4.31 Å². The molecule has 0 saturated carbocycles. The zero-order valence-corrected chi connectivity index (χ0v) is 14.2. The number of rotatable bonds is 2. The molecule has 1 aliphatic heterocycles. The number of benzene rings is 3. The van der Waals surface area contributed by atoms with Crippen LogP contribution in [-0.4, -0.2) is 8.42 Å². The molecule has 0 bridgehead atoms. The molecule has 0 atom stereocenters. The summed E-state index contributed by atoms with van der Waals surface area (Å²) in [6.45, 7) is 0.215. The van der Waals surface area contributed by atoms with Crippen molar-refractivity contribution in [2.45, 2.75) is 11.4 Å². The first-order valence-electron chi connectivity index (χ1n) is 6.97. The smallest absolute Gasteiger partial charge is 0.261 e. The van der Waals surface area contributed by atoms with Gasteiger partial charge >= 0.3 is 0 Å². The second-order valence-corrected chi connectivity index (χ2v) is 8.04. The molecule has 1 heterocycles. The minimum Gasteiger partial charge on any atom is -0.261 e. The van der Waals surface area contributed by atoms with Gasteiger partial charge in [-0.25, -0.2) is 8.42 Å². The Balaban J connectivity index is 1.87. The van der Waals surface area contributed by atoms with Crippen molar-refractivity contribution in [2.24, 2.45) is 0 Å². The Labute approximate surface area is 144 Å². The van der Waals surface area contributed by atoms with Crippen LogP contribution >= 0.6 is 23.2 Å². The molecule has 0 aliphatic carbocycles. The molecule has 6 heteroatoms. The molecule has 4 rings (SSSR count). The summed E-state index contributed by atoms with van der Waals surface area (Å²) in [5.41, 5.74) is 1.48. The number of nitrogens with zero attached hydrogens (tertiary/aromatic N) is 1. The highest BCUT2D eigenvalue weighted by molar-refractivity contribution is 7.93. The van der Waals surface area contributed by atoms with Crippen molar-refractivity contribution < 1.29 is 8.42 Å². The number of anilines is 1. The molecule has 23 heavy (non-hydrogen) atoms. The van der Waals surface area contributed by atoms with Crippen LogP contribution in [0.2, 0.25) is 10.0 Å². The van der Waals surface area contributed by atoms with Gasteiger partial charge in [0.1, 0.15) is 0 Å². The fraction of sp³-hybridized carbons (Fsp3) is 0.0588. The Hall–Kier alpha value is -1.75. The molecular formula is C17H11Cl2NO2S. The van der Waals surface area contributed by atoms with Gasteiger partial charge in [-0.15, -0.1) is 0 Å². The average Bonchev–Trinajstić information content (AvgIpc) is 2.75. The number of halogens is 2. The van der Waals surface area contributed by atoms with Gasteiger partial charge in [0, 0.05) is 5.39 Å². The molecular weight excluding hydrogens is 353 g/mol. The molecule has 1 aliphatic rings. The molecule has 0 unspecified atom stereocenters. The van der Waals surface area contributed by atoms with Crippen molar-refractivity contribution in [3.8, 4) is 0 Å². The van der Waals surface area contributed by atoms with Crippen LogP contribution in [0, 0.1) is 0 Å². The highest BCUT2D eigenvalue weighted by Gasteiger charge is 2.35. The van der Waals surface area contributed by atoms with E-state index in [2.05, 4.69) is 0 Å². The largest absolute Gasteiger partial charge is 0.265 e. The van der Waals surface area contributed by atoms with E-state index in [-0.39, 0.29) is 6.54 Å². The summed E-state index contributed by atoms with van der Waals surface area (Å²) < 4.78 is 27.2. The van der Waals surface area contributed by atoms with Crippen LogP contribution in [0.5, 0.6) is 0 Å². The third kappa shape index (κ3) is 2.21. The van der Waals surface area contributed by atoms with E-state index in [1.807, 2.05) is 24.3 Å². The number of hydrogen-bond donors (Lipinski definition) is 0. The van der Waals surface area contributed by atoms with Crippen molar-refractivity contribution in [3.05, 3.63) is 70.2 Å². The Bertz CT molecular complexity index is 1040. The second-order valence-electron chi connectivity index (χ2n) is 5.39. The average molecular weight is 364 g/mol. The summed E-state index contributed by atoms with van der Waals surface area (Å²) in [5, 5.41) is 2.55. The minimum absolute atomic E-state index is 0.215. The van der Waals surface area contributed by atoms with Gasteiger partial charge in [0.25, 0.3) is 10.0 Å². The molecule has 3 nitrogen and oxygen atoms in total. The maximum Gasteiger partial charge on any atom is 0.265 e. The summed E-state index contributed by atoms with van der Waals surface area (Å²) >= 11 is 12.0. The summed E-state index contributed by atoms with van der Waals surface area (Å²) in [7, 11) is -3.56. The molecule has 0 N–H and O–H groups in total. The summed E-state index contributed by atoms with van der Waals surface area (Å²) in [5.74, 6) is 0. The standard InChI is InChI=1S/C17H11Cl2NO2S/c18-13-8-7-11(9-14(13)19)10-20-15-5-1-3-12-4-2-6-16(17(12)15)23(20,21)22/h1-9H,10H2. The van der Waals surface area contributed by atoms with Crippen LogP contribution in [0.15, 0.2) is 59.5 Å². The first-order chi connectivity index (χ1) is 11.0. The lowest BCUT2D eigenvalue weighted by Crippen LogP contribution is -2.26. The van der Waals surface area contributed by atoms with E-state index in [1.165, 1.54) is 4.31 Å². The van der Waals surface area contributed by atoms with Crippen molar-refractivity contribution in [3.63, 3.8) is 0 Å². The summed E-state index contributed by atoms with van der Waals surface area (Å²) in [4.78, 5) is 0.352. The normalized spacial score (nSPS) is 15.3. The van der Waals surface area contributed by atoms with Crippen LogP contribution in [0.1, 0.15) is 5.56 Å². The fourth-order valence-corrected chi connectivity index (χ4v) is 4.95. The fourth-order valence-electron chi connectivity index (χ4n) is 2.93. The van der Waals surface area contributed by atoms with Gasteiger partial charge in [0.05, 0.1) is 27.2 Å². The van der Waals surface area contributed by atoms with Gasteiger partial charge in [-0.1, -0.05) is 53.5 Å². The number of sulfonamides is 1. The maximum atomic E-state index is 12.9. The van der Waals surface area contributed by atoms with Crippen LogP contribution in [-0.2, 0) is 16.6 Å². The van der Waals surface area contributed by atoms with Crippen molar-refractivity contribution >= 4 is 49.7 Å². The summed E-state index contributed by atoms with van der Waals surface area (Å²) in [6.07, 6.45) is 0.